The van der Waals surface area contributed by atoms with Crippen molar-refractivity contribution >= 4 is 11.9 Å². The lowest BCUT2D eigenvalue weighted by molar-refractivity contribution is -0.491. The molecule has 0 bridgehead atoms. The van der Waals surface area contributed by atoms with Crippen molar-refractivity contribution in [2.75, 3.05) is 7.05 Å². The van der Waals surface area contributed by atoms with Gasteiger partial charge in [-0.15, -0.1) is 0 Å². The van der Waals surface area contributed by atoms with Crippen LogP contribution in [-0.4, -0.2) is 38.3 Å². The van der Waals surface area contributed by atoms with Gasteiger partial charge in [0.15, 0.2) is 6.21 Å². The van der Waals surface area contributed by atoms with Gasteiger partial charge in [-0.25, -0.2) is 9.58 Å². The smallest absolute Gasteiger partial charge is 0.275 e. The number of hydrogen-bond donors (Lipinski definition) is 0. The van der Waals surface area contributed by atoms with Gasteiger partial charge in [-0.1, -0.05) is 54.4 Å². The molecule has 2 aliphatic heterocycles. The standard InChI is InChI=1S/C26H31N4O/c1-19-13-15-21(16-14-19)24-18-28(20(2)27(24)3)25-23-12-8-5-9-17-29(23)30(26(25)31)22-10-6-4-7-11-22/h4,6-7,10-11,13-16,18,20,24H,5,8-9,12,17H2,1-3H3/q+1. The van der Waals surface area contributed by atoms with Crippen LogP contribution >= 0.6 is 0 Å². The fourth-order valence-corrected chi connectivity index (χ4v) is 5.03. The minimum absolute atomic E-state index is 0.0872. The summed E-state index contributed by atoms with van der Waals surface area (Å²) in [4.78, 5) is 16.2. The molecule has 2 unspecified atom stereocenters. The van der Waals surface area contributed by atoms with Gasteiger partial charge in [-0.05, 0) is 50.9 Å². The Labute approximate surface area is 183 Å². The van der Waals surface area contributed by atoms with Crippen molar-refractivity contribution in [1.82, 2.24) is 14.3 Å². The van der Waals surface area contributed by atoms with Crippen LogP contribution in [0, 0.1) is 6.92 Å². The summed E-state index contributed by atoms with van der Waals surface area (Å²) < 4.78 is 6.36. The summed E-state index contributed by atoms with van der Waals surface area (Å²) >= 11 is 0. The third-order valence-corrected chi connectivity index (χ3v) is 6.92. The zero-order valence-corrected chi connectivity index (χ0v) is 18.7. The predicted octanol–water partition coefficient (Wildman–Crippen LogP) is 4.42. The summed E-state index contributed by atoms with van der Waals surface area (Å²) in [5.41, 5.74) is 5.57. The summed E-state index contributed by atoms with van der Waals surface area (Å²) in [5.74, 6) is 0. The summed E-state index contributed by atoms with van der Waals surface area (Å²) in [6.07, 6.45) is 6.74. The van der Waals surface area contributed by atoms with Gasteiger partial charge >= 0.3 is 5.56 Å². The molecule has 1 aromatic heterocycles. The maximum absolute atomic E-state index is 13.9. The Kier molecular flexibility index (Phi) is 5.14. The fourth-order valence-electron chi connectivity index (χ4n) is 5.03. The van der Waals surface area contributed by atoms with Crippen molar-refractivity contribution < 1.29 is 4.58 Å². The highest BCUT2D eigenvalue weighted by Gasteiger charge is 2.42. The molecule has 5 rings (SSSR count). The number of fused-ring (bicyclic) bond motifs is 1. The van der Waals surface area contributed by atoms with Crippen LogP contribution in [0.2, 0.25) is 0 Å². The van der Waals surface area contributed by atoms with Crippen molar-refractivity contribution in [3.05, 3.63) is 81.8 Å². The first-order valence-electron chi connectivity index (χ1n) is 11.4. The Balaban J connectivity index is 1.68. The fraction of sp³-hybridized carbons (Fsp3) is 0.385. The minimum atomic E-state index is 0.0872. The summed E-state index contributed by atoms with van der Waals surface area (Å²) in [6.45, 7) is 5.19. The number of benzene rings is 2. The summed E-state index contributed by atoms with van der Waals surface area (Å²) in [6, 6.07) is 18.9. The van der Waals surface area contributed by atoms with Crippen molar-refractivity contribution in [3.8, 4) is 5.69 Å². The Bertz CT molecular complexity index is 1170. The normalized spacial score (nSPS) is 21.6. The van der Waals surface area contributed by atoms with Crippen LogP contribution in [0.1, 0.15) is 49.0 Å². The van der Waals surface area contributed by atoms with Crippen molar-refractivity contribution in [2.24, 2.45) is 0 Å². The quantitative estimate of drug-likeness (QED) is 0.593. The molecule has 0 aliphatic carbocycles. The first-order valence-corrected chi connectivity index (χ1v) is 11.4. The van der Waals surface area contributed by atoms with Gasteiger partial charge in [0.2, 0.25) is 6.17 Å². The van der Waals surface area contributed by atoms with Gasteiger partial charge in [0.25, 0.3) is 5.69 Å². The van der Waals surface area contributed by atoms with Crippen molar-refractivity contribution in [3.63, 3.8) is 0 Å². The number of nitrogens with zero attached hydrogens (tertiary/aromatic N) is 4. The Hall–Kier alpha value is -2.92. The van der Waals surface area contributed by atoms with Crippen LogP contribution in [0.25, 0.3) is 5.69 Å². The minimum Gasteiger partial charge on any atom is -0.275 e. The van der Waals surface area contributed by atoms with Gasteiger partial charge < -0.3 is 0 Å². The van der Waals surface area contributed by atoms with E-state index in [9.17, 15) is 4.79 Å². The first kappa shape index (κ1) is 20.0. The number of hydrogen-bond acceptors (Lipinski definition) is 2. The van der Waals surface area contributed by atoms with Crippen LogP contribution in [0.4, 0.5) is 5.69 Å². The molecular formula is C26H31N4O+. The molecule has 0 N–H and O–H groups in total. The Morgan fingerprint density at radius 1 is 0.968 bits per heavy atom. The molecule has 0 fully saturated rings. The third kappa shape index (κ3) is 3.37. The molecular weight excluding hydrogens is 384 g/mol. The van der Waals surface area contributed by atoms with E-state index in [1.165, 1.54) is 23.2 Å². The molecule has 160 valence electrons. The second-order valence-corrected chi connectivity index (χ2v) is 8.89. The van der Waals surface area contributed by atoms with Gasteiger partial charge in [-0.3, -0.25) is 9.48 Å². The second kappa shape index (κ2) is 7.97. The zero-order chi connectivity index (χ0) is 21.5. The number of para-hydroxylation sites is 1. The van der Waals surface area contributed by atoms with Crippen molar-refractivity contribution in [2.45, 2.75) is 58.3 Å². The van der Waals surface area contributed by atoms with E-state index in [1.807, 2.05) is 35.0 Å². The first-order chi connectivity index (χ1) is 15.1. The van der Waals surface area contributed by atoms with E-state index in [1.54, 1.807) is 0 Å². The summed E-state index contributed by atoms with van der Waals surface area (Å²) in [5, 5.41) is 0. The molecule has 5 nitrogen and oxygen atoms in total. The predicted molar refractivity (Wildman–Crippen MR) is 125 cm³/mol. The van der Waals surface area contributed by atoms with Crippen LogP contribution in [0.15, 0.2) is 59.4 Å². The molecule has 5 heteroatoms. The average molecular weight is 416 g/mol. The molecule has 3 aromatic rings. The third-order valence-electron chi connectivity index (χ3n) is 6.92. The molecule has 0 spiro atoms. The SMILES string of the molecule is Cc1ccc(C2C=[N+](c3c4n(n(-c5ccccc5)c3=O)CCCCC4)C(C)N2C)cc1. The molecule has 0 saturated heterocycles. The molecule has 2 atom stereocenters. The van der Waals surface area contributed by atoms with E-state index < -0.39 is 0 Å². The lowest BCUT2D eigenvalue weighted by atomic mass is 10.1. The zero-order valence-electron chi connectivity index (χ0n) is 18.7. The highest BCUT2D eigenvalue weighted by atomic mass is 16.1. The van der Waals surface area contributed by atoms with Gasteiger partial charge in [0, 0.05) is 13.5 Å². The number of aryl methyl sites for hydroxylation is 1. The maximum Gasteiger partial charge on any atom is 0.343 e. The number of rotatable bonds is 3. The average Bonchev–Trinajstić information content (AvgIpc) is 3.09. The van der Waals surface area contributed by atoms with E-state index in [0.29, 0.717) is 0 Å². The van der Waals surface area contributed by atoms with Gasteiger partial charge in [0.05, 0.1) is 5.69 Å². The lowest BCUT2D eigenvalue weighted by Crippen LogP contribution is -2.32. The van der Waals surface area contributed by atoms with Gasteiger partial charge in [-0.2, -0.15) is 4.58 Å². The van der Waals surface area contributed by atoms with Crippen LogP contribution in [0.3, 0.4) is 0 Å². The summed E-state index contributed by atoms with van der Waals surface area (Å²) in [7, 11) is 2.15. The largest absolute Gasteiger partial charge is 0.343 e. The van der Waals surface area contributed by atoms with E-state index >= 15 is 0 Å². The molecule has 2 aromatic carbocycles. The molecule has 3 heterocycles. The molecule has 0 radical (unpaired) electrons. The highest BCUT2D eigenvalue weighted by Crippen LogP contribution is 2.32. The topological polar surface area (TPSA) is 33.2 Å². The monoisotopic (exact) mass is 415 g/mol. The van der Waals surface area contributed by atoms with Gasteiger partial charge in [0.1, 0.15) is 11.7 Å². The van der Waals surface area contributed by atoms with Crippen molar-refractivity contribution in [1.29, 1.82) is 0 Å². The van der Waals surface area contributed by atoms with E-state index in [-0.39, 0.29) is 17.8 Å². The second-order valence-electron chi connectivity index (χ2n) is 8.89. The van der Waals surface area contributed by atoms with Crippen LogP contribution in [-0.2, 0) is 13.0 Å². The molecule has 2 aliphatic rings. The molecule has 31 heavy (non-hydrogen) atoms. The maximum atomic E-state index is 13.9. The Morgan fingerprint density at radius 2 is 1.71 bits per heavy atom. The van der Waals surface area contributed by atoms with E-state index in [2.05, 4.69) is 65.5 Å². The van der Waals surface area contributed by atoms with Crippen LogP contribution < -0.4 is 5.56 Å². The van der Waals surface area contributed by atoms with E-state index in [0.717, 1.165) is 37.2 Å². The number of aromatic nitrogens is 2. The van der Waals surface area contributed by atoms with E-state index in [4.69, 9.17) is 0 Å². The van der Waals surface area contributed by atoms with Crippen LogP contribution in [0.5, 0.6) is 0 Å². The Morgan fingerprint density at radius 3 is 2.45 bits per heavy atom. The molecule has 0 saturated carbocycles. The highest BCUT2D eigenvalue weighted by molar-refractivity contribution is 5.66. The lowest BCUT2D eigenvalue weighted by Gasteiger charge is -2.19. The molecule has 0 amide bonds.